The number of nitrogens with zero attached hydrogens (tertiary/aromatic N) is 2. The normalized spacial score (nSPS) is 18.7. The lowest BCUT2D eigenvalue weighted by atomic mass is 10.2. The lowest BCUT2D eigenvalue weighted by molar-refractivity contribution is 0.339. The average Bonchev–Trinajstić information content (AvgIpc) is 2.64. The van der Waals surface area contributed by atoms with Gasteiger partial charge in [-0.05, 0) is 25.8 Å². The van der Waals surface area contributed by atoms with Crippen molar-refractivity contribution >= 4 is 15.8 Å². The first-order valence-electron chi connectivity index (χ1n) is 4.62. The minimum Gasteiger partial charge on any atom is -0.268 e. The molecule has 1 aliphatic rings. The molecule has 6 heteroatoms. The van der Waals surface area contributed by atoms with E-state index in [0.717, 1.165) is 12.0 Å². The number of nitriles is 1. The number of rotatable bonds is 4. The average molecular weight is 228 g/mol. The van der Waals surface area contributed by atoms with E-state index in [1.165, 1.54) is 6.92 Å². The van der Waals surface area contributed by atoms with Gasteiger partial charge in [-0.1, -0.05) is 10.7 Å². The van der Waals surface area contributed by atoms with Crippen LogP contribution in [0, 0.1) is 11.3 Å². The largest absolute Gasteiger partial charge is 0.328 e. The Morgan fingerprint density at radius 2 is 2.33 bits per heavy atom. The summed E-state index contributed by atoms with van der Waals surface area (Å²) in [6.07, 6.45) is 3.46. The number of hydrogen-bond donors (Lipinski definition) is 0. The van der Waals surface area contributed by atoms with Crippen LogP contribution < -0.4 is 0 Å². The van der Waals surface area contributed by atoms with Crippen LogP contribution in [-0.2, 0) is 14.4 Å². The van der Waals surface area contributed by atoms with E-state index < -0.39 is 10.1 Å². The van der Waals surface area contributed by atoms with E-state index in [-0.39, 0.29) is 5.75 Å². The minimum absolute atomic E-state index is 0.0987. The Labute approximate surface area is 89.2 Å². The minimum atomic E-state index is -3.52. The van der Waals surface area contributed by atoms with Crippen molar-refractivity contribution in [3.63, 3.8) is 0 Å². The Balaban J connectivity index is 2.61. The third-order valence-corrected chi connectivity index (χ3v) is 3.01. The second-order valence-corrected chi connectivity index (χ2v) is 4.98. The van der Waals surface area contributed by atoms with Crippen molar-refractivity contribution in [3.8, 4) is 6.07 Å². The molecule has 0 aromatic rings. The zero-order valence-electron chi connectivity index (χ0n) is 8.43. The van der Waals surface area contributed by atoms with E-state index in [2.05, 4.69) is 9.44 Å². The van der Waals surface area contributed by atoms with E-state index in [1.807, 2.05) is 6.07 Å². The summed E-state index contributed by atoms with van der Waals surface area (Å²) in [5, 5.41) is 12.0. The molecule has 15 heavy (non-hydrogen) atoms. The molecule has 0 N–H and O–H groups in total. The van der Waals surface area contributed by atoms with Gasteiger partial charge in [0.2, 0.25) is 0 Å². The van der Waals surface area contributed by atoms with Crippen LogP contribution in [0.1, 0.15) is 26.2 Å². The Morgan fingerprint density at radius 1 is 1.60 bits per heavy atom. The molecule has 0 atom stereocenters. The molecule has 82 valence electrons. The first kappa shape index (κ1) is 11.7. The van der Waals surface area contributed by atoms with Crippen molar-refractivity contribution in [1.82, 2.24) is 0 Å². The molecule has 0 unspecified atom stereocenters. The second kappa shape index (κ2) is 4.94. The van der Waals surface area contributed by atoms with Gasteiger partial charge in [-0.25, -0.2) is 0 Å². The van der Waals surface area contributed by atoms with Crippen LogP contribution in [0.25, 0.3) is 0 Å². The molecule has 1 rings (SSSR count). The highest BCUT2D eigenvalue weighted by Gasteiger charge is 2.13. The molecule has 0 spiro atoms. The van der Waals surface area contributed by atoms with Gasteiger partial charge < -0.3 is 0 Å². The van der Waals surface area contributed by atoms with E-state index in [9.17, 15) is 8.42 Å². The predicted octanol–water partition coefficient (Wildman–Crippen LogP) is 1.34. The monoisotopic (exact) mass is 228 g/mol. The van der Waals surface area contributed by atoms with Gasteiger partial charge in [-0.2, -0.15) is 13.7 Å². The predicted molar refractivity (Wildman–Crippen MR) is 55.5 cm³/mol. The summed E-state index contributed by atoms with van der Waals surface area (Å²) < 4.78 is 26.3. The molecule has 0 bridgehead atoms. The smallest absolute Gasteiger partial charge is 0.268 e. The molecule has 0 radical (unpaired) electrons. The summed E-state index contributed by atoms with van der Waals surface area (Å²) in [5.41, 5.74) is 1.55. The molecule has 0 amide bonds. The van der Waals surface area contributed by atoms with Crippen LogP contribution in [0.3, 0.4) is 0 Å². The van der Waals surface area contributed by atoms with Crippen LogP contribution in [0.15, 0.2) is 16.8 Å². The highest BCUT2D eigenvalue weighted by molar-refractivity contribution is 7.86. The van der Waals surface area contributed by atoms with E-state index in [4.69, 9.17) is 5.26 Å². The topological polar surface area (TPSA) is 79.5 Å². The highest BCUT2D eigenvalue weighted by Crippen LogP contribution is 2.18. The molecule has 0 aromatic heterocycles. The van der Waals surface area contributed by atoms with Crippen molar-refractivity contribution in [1.29, 1.82) is 5.26 Å². The van der Waals surface area contributed by atoms with Gasteiger partial charge >= 0.3 is 10.1 Å². The first-order chi connectivity index (χ1) is 7.07. The van der Waals surface area contributed by atoms with E-state index in [1.54, 1.807) is 6.08 Å². The molecular weight excluding hydrogens is 216 g/mol. The van der Waals surface area contributed by atoms with Crippen LogP contribution in [0.5, 0.6) is 0 Å². The van der Waals surface area contributed by atoms with Gasteiger partial charge in [-0.3, -0.25) is 4.28 Å². The van der Waals surface area contributed by atoms with E-state index in [0.29, 0.717) is 18.6 Å². The molecule has 0 aliphatic heterocycles. The van der Waals surface area contributed by atoms with Gasteiger partial charge in [-0.15, -0.1) is 0 Å². The molecular formula is C9H12N2O3S. The van der Waals surface area contributed by atoms with Gasteiger partial charge in [0.05, 0.1) is 24.0 Å². The van der Waals surface area contributed by atoms with Gasteiger partial charge in [0.15, 0.2) is 0 Å². The molecule has 0 heterocycles. The molecule has 0 aromatic carbocycles. The Morgan fingerprint density at radius 3 is 2.93 bits per heavy atom. The fourth-order valence-electron chi connectivity index (χ4n) is 1.14. The first-order valence-corrected chi connectivity index (χ1v) is 6.19. The van der Waals surface area contributed by atoms with Gasteiger partial charge in [0, 0.05) is 0 Å². The molecule has 1 aliphatic carbocycles. The van der Waals surface area contributed by atoms with E-state index >= 15 is 0 Å². The van der Waals surface area contributed by atoms with Crippen molar-refractivity contribution in [2.24, 2.45) is 5.16 Å². The molecule has 5 nitrogen and oxygen atoms in total. The zero-order chi connectivity index (χ0) is 11.3. The van der Waals surface area contributed by atoms with Crippen molar-refractivity contribution < 1.29 is 12.7 Å². The maximum atomic E-state index is 11.0. The third-order valence-electron chi connectivity index (χ3n) is 2.00. The highest BCUT2D eigenvalue weighted by atomic mass is 32.2. The van der Waals surface area contributed by atoms with Crippen LogP contribution >= 0.6 is 0 Å². The SMILES string of the molecule is CCS(=O)(=O)O/N=C1\C=C(CC#N)CC1. The fraction of sp³-hybridized carbons (Fsp3) is 0.556. The maximum absolute atomic E-state index is 11.0. The van der Waals surface area contributed by atoms with Crippen LogP contribution in [0.4, 0.5) is 0 Å². The quantitative estimate of drug-likeness (QED) is 0.680. The summed E-state index contributed by atoms with van der Waals surface area (Å²) in [5.74, 6) is -0.0987. The summed E-state index contributed by atoms with van der Waals surface area (Å²) in [7, 11) is -3.52. The summed E-state index contributed by atoms with van der Waals surface area (Å²) in [4.78, 5) is 0. The third kappa shape index (κ3) is 3.72. The fourth-order valence-corrected chi connectivity index (χ4v) is 1.45. The Bertz CT molecular complexity index is 429. The standard InChI is InChI=1S/C9H12N2O3S/c1-2-15(12,13)14-11-9-4-3-8(7-9)5-6-10/h7H,2-5H2,1H3/b11-9-. The Hall–Kier alpha value is -1.35. The summed E-state index contributed by atoms with van der Waals surface area (Å²) in [6.45, 7) is 1.49. The lowest BCUT2D eigenvalue weighted by Gasteiger charge is -1.96. The molecule has 0 saturated heterocycles. The number of allylic oxidation sites excluding steroid dienone is 2. The molecule has 0 fully saturated rings. The van der Waals surface area contributed by atoms with Crippen molar-refractivity contribution in [3.05, 3.63) is 11.6 Å². The van der Waals surface area contributed by atoms with Crippen LogP contribution in [0.2, 0.25) is 0 Å². The van der Waals surface area contributed by atoms with Crippen molar-refractivity contribution in [2.45, 2.75) is 26.2 Å². The summed E-state index contributed by atoms with van der Waals surface area (Å²) >= 11 is 0. The summed E-state index contributed by atoms with van der Waals surface area (Å²) in [6, 6.07) is 2.03. The maximum Gasteiger partial charge on any atom is 0.328 e. The Kier molecular flexibility index (Phi) is 3.86. The molecule has 0 saturated carbocycles. The number of oxime groups is 1. The number of hydrogen-bond acceptors (Lipinski definition) is 5. The second-order valence-electron chi connectivity index (χ2n) is 3.14. The lowest BCUT2D eigenvalue weighted by Crippen LogP contribution is -2.05. The van der Waals surface area contributed by atoms with Gasteiger partial charge in [0.25, 0.3) is 0 Å². The van der Waals surface area contributed by atoms with Gasteiger partial charge in [0.1, 0.15) is 0 Å². The van der Waals surface area contributed by atoms with Crippen LogP contribution in [-0.4, -0.2) is 19.9 Å². The zero-order valence-corrected chi connectivity index (χ0v) is 9.25. The van der Waals surface area contributed by atoms with Crippen molar-refractivity contribution in [2.75, 3.05) is 5.75 Å².